The molecule has 4 heteroatoms. The molecule has 1 heterocycles. The third-order valence-corrected chi connectivity index (χ3v) is 3.73. The van der Waals surface area contributed by atoms with Crippen LogP contribution in [0.1, 0.15) is 23.2 Å². The first-order chi connectivity index (χ1) is 10.8. The molecule has 2 aromatic rings. The van der Waals surface area contributed by atoms with Crippen molar-refractivity contribution in [3.05, 3.63) is 60.2 Å². The number of hydrogen-bond donors (Lipinski definition) is 2. The average Bonchev–Trinajstić information content (AvgIpc) is 2.57. The van der Waals surface area contributed by atoms with Crippen LogP contribution in [0.15, 0.2) is 54.6 Å². The first-order valence-corrected chi connectivity index (χ1v) is 7.66. The molecule has 1 amide bonds. The monoisotopic (exact) mass is 296 g/mol. The van der Waals surface area contributed by atoms with Crippen LogP contribution < -0.4 is 15.4 Å². The van der Waals surface area contributed by atoms with E-state index < -0.39 is 0 Å². The van der Waals surface area contributed by atoms with Gasteiger partial charge in [0.2, 0.25) is 0 Å². The number of rotatable bonds is 4. The number of para-hydroxylation sites is 1. The number of piperidine rings is 1. The van der Waals surface area contributed by atoms with Crippen LogP contribution in [0, 0.1) is 0 Å². The second-order valence-corrected chi connectivity index (χ2v) is 5.46. The number of hydrogen-bond acceptors (Lipinski definition) is 3. The van der Waals surface area contributed by atoms with Gasteiger partial charge in [0.05, 0.1) is 0 Å². The van der Waals surface area contributed by atoms with E-state index in [4.69, 9.17) is 4.74 Å². The topological polar surface area (TPSA) is 50.4 Å². The molecule has 1 aliphatic heterocycles. The van der Waals surface area contributed by atoms with E-state index in [2.05, 4.69) is 10.6 Å². The van der Waals surface area contributed by atoms with Crippen LogP contribution in [0.5, 0.6) is 11.5 Å². The fraction of sp³-hybridized carbons (Fsp3) is 0.278. The lowest BCUT2D eigenvalue weighted by molar-refractivity contribution is 0.0930. The van der Waals surface area contributed by atoms with E-state index in [9.17, 15) is 4.79 Å². The van der Waals surface area contributed by atoms with Crippen LogP contribution in [0.2, 0.25) is 0 Å². The third-order valence-electron chi connectivity index (χ3n) is 3.73. The van der Waals surface area contributed by atoms with E-state index in [0.717, 1.165) is 37.4 Å². The van der Waals surface area contributed by atoms with Gasteiger partial charge < -0.3 is 15.4 Å². The molecule has 0 radical (unpaired) electrons. The summed E-state index contributed by atoms with van der Waals surface area (Å²) < 4.78 is 5.72. The molecule has 22 heavy (non-hydrogen) atoms. The van der Waals surface area contributed by atoms with Crippen molar-refractivity contribution in [1.29, 1.82) is 0 Å². The summed E-state index contributed by atoms with van der Waals surface area (Å²) in [6.07, 6.45) is 2.14. The highest BCUT2D eigenvalue weighted by Gasteiger charge is 2.16. The van der Waals surface area contributed by atoms with E-state index in [1.165, 1.54) is 0 Å². The summed E-state index contributed by atoms with van der Waals surface area (Å²) in [5.74, 6) is 1.48. The largest absolute Gasteiger partial charge is 0.457 e. The first-order valence-electron chi connectivity index (χ1n) is 7.66. The minimum absolute atomic E-state index is 0.0278. The normalized spacial score (nSPS) is 17.7. The van der Waals surface area contributed by atoms with Crippen molar-refractivity contribution in [2.75, 3.05) is 13.1 Å². The van der Waals surface area contributed by atoms with Crippen molar-refractivity contribution in [2.24, 2.45) is 0 Å². The fourth-order valence-electron chi connectivity index (χ4n) is 2.54. The predicted molar refractivity (Wildman–Crippen MR) is 86.3 cm³/mol. The van der Waals surface area contributed by atoms with Crippen molar-refractivity contribution in [3.63, 3.8) is 0 Å². The Morgan fingerprint density at radius 2 is 1.77 bits per heavy atom. The second kappa shape index (κ2) is 7.09. The zero-order valence-corrected chi connectivity index (χ0v) is 12.4. The zero-order chi connectivity index (χ0) is 15.2. The number of ether oxygens (including phenoxy) is 1. The van der Waals surface area contributed by atoms with Gasteiger partial charge in [-0.3, -0.25) is 4.79 Å². The lowest BCUT2D eigenvalue weighted by atomic mass is 10.1. The highest BCUT2D eigenvalue weighted by atomic mass is 16.5. The number of benzene rings is 2. The minimum atomic E-state index is -0.0278. The molecular formula is C18H20N2O2. The summed E-state index contributed by atoms with van der Waals surface area (Å²) >= 11 is 0. The summed E-state index contributed by atoms with van der Waals surface area (Å²) in [6.45, 7) is 1.89. The molecule has 0 spiro atoms. The van der Waals surface area contributed by atoms with Crippen LogP contribution in [-0.2, 0) is 0 Å². The quantitative estimate of drug-likeness (QED) is 0.912. The van der Waals surface area contributed by atoms with E-state index in [0.29, 0.717) is 5.56 Å². The maximum atomic E-state index is 12.2. The Hall–Kier alpha value is -2.33. The predicted octanol–water partition coefficient (Wildman–Crippen LogP) is 2.96. The smallest absolute Gasteiger partial charge is 0.251 e. The number of amides is 1. The van der Waals surface area contributed by atoms with Crippen LogP contribution >= 0.6 is 0 Å². The van der Waals surface area contributed by atoms with Crippen molar-refractivity contribution < 1.29 is 9.53 Å². The molecular weight excluding hydrogens is 276 g/mol. The van der Waals surface area contributed by atoms with Gasteiger partial charge in [0.15, 0.2) is 0 Å². The molecule has 0 saturated carbocycles. The third kappa shape index (κ3) is 3.86. The lowest BCUT2D eigenvalue weighted by Gasteiger charge is -2.23. The Morgan fingerprint density at radius 1 is 1.05 bits per heavy atom. The first kappa shape index (κ1) is 14.6. The summed E-state index contributed by atoms with van der Waals surface area (Å²) in [5.41, 5.74) is 0.658. The fourth-order valence-corrected chi connectivity index (χ4v) is 2.54. The van der Waals surface area contributed by atoms with Gasteiger partial charge in [0.1, 0.15) is 11.5 Å². The van der Waals surface area contributed by atoms with Gasteiger partial charge >= 0.3 is 0 Å². The minimum Gasteiger partial charge on any atom is -0.457 e. The molecule has 1 saturated heterocycles. The molecule has 1 unspecified atom stereocenters. The molecule has 114 valence electrons. The van der Waals surface area contributed by atoms with Crippen molar-refractivity contribution >= 4 is 5.91 Å². The van der Waals surface area contributed by atoms with Crippen LogP contribution in [-0.4, -0.2) is 25.0 Å². The lowest BCUT2D eigenvalue weighted by Crippen LogP contribution is -2.45. The van der Waals surface area contributed by atoms with E-state index in [1.54, 1.807) is 12.1 Å². The van der Waals surface area contributed by atoms with Crippen molar-refractivity contribution in [1.82, 2.24) is 10.6 Å². The van der Waals surface area contributed by atoms with E-state index in [1.807, 2.05) is 42.5 Å². The van der Waals surface area contributed by atoms with Gasteiger partial charge in [0, 0.05) is 18.2 Å². The van der Waals surface area contributed by atoms with Crippen LogP contribution in [0.3, 0.4) is 0 Å². The van der Waals surface area contributed by atoms with Crippen LogP contribution in [0.4, 0.5) is 0 Å². The molecule has 3 rings (SSSR count). The van der Waals surface area contributed by atoms with E-state index >= 15 is 0 Å². The maximum Gasteiger partial charge on any atom is 0.251 e. The SMILES string of the molecule is O=C(NC1CCCNC1)c1ccc(Oc2ccccc2)cc1. The molecule has 1 atom stereocenters. The van der Waals surface area contributed by atoms with Gasteiger partial charge in [-0.2, -0.15) is 0 Å². The highest BCUT2D eigenvalue weighted by Crippen LogP contribution is 2.21. The van der Waals surface area contributed by atoms with Crippen molar-refractivity contribution in [2.45, 2.75) is 18.9 Å². The average molecular weight is 296 g/mol. The molecule has 2 aromatic carbocycles. The van der Waals surface area contributed by atoms with Gasteiger partial charge in [-0.05, 0) is 55.8 Å². The van der Waals surface area contributed by atoms with Gasteiger partial charge in [-0.25, -0.2) is 0 Å². The van der Waals surface area contributed by atoms with Gasteiger partial charge in [-0.15, -0.1) is 0 Å². The summed E-state index contributed by atoms with van der Waals surface area (Å²) in [6, 6.07) is 17.1. The standard InChI is InChI=1S/C18H20N2O2/c21-18(20-15-5-4-12-19-13-15)14-8-10-17(11-9-14)22-16-6-2-1-3-7-16/h1-3,6-11,15,19H,4-5,12-13H2,(H,20,21). The zero-order valence-electron chi connectivity index (χ0n) is 12.4. The summed E-state index contributed by atoms with van der Waals surface area (Å²) in [7, 11) is 0. The van der Waals surface area contributed by atoms with Gasteiger partial charge in [-0.1, -0.05) is 18.2 Å². The molecule has 0 bridgehead atoms. The molecule has 1 fully saturated rings. The number of carbonyl (C=O) groups excluding carboxylic acids is 1. The second-order valence-electron chi connectivity index (χ2n) is 5.46. The van der Waals surface area contributed by atoms with Gasteiger partial charge in [0.25, 0.3) is 5.91 Å². The Morgan fingerprint density at radius 3 is 2.45 bits per heavy atom. The molecule has 4 nitrogen and oxygen atoms in total. The summed E-state index contributed by atoms with van der Waals surface area (Å²) in [5, 5.41) is 6.36. The Balaban J connectivity index is 1.59. The van der Waals surface area contributed by atoms with Crippen LogP contribution in [0.25, 0.3) is 0 Å². The Kier molecular flexibility index (Phi) is 4.71. The van der Waals surface area contributed by atoms with E-state index in [-0.39, 0.29) is 11.9 Å². The number of carbonyl (C=O) groups is 1. The molecule has 0 aromatic heterocycles. The van der Waals surface area contributed by atoms with Crippen molar-refractivity contribution in [3.8, 4) is 11.5 Å². The Bertz CT molecular complexity index is 605. The maximum absolute atomic E-state index is 12.2. The molecule has 0 aliphatic carbocycles. The summed E-state index contributed by atoms with van der Waals surface area (Å²) in [4.78, 5) is 12.2. The highest BCUT2D eigenvalue weighted by molar-refractivity contribution is 5.94. The molecule has 1 aliphatic rings. The number of nitrogens with one attached hydrogen (secondary N) is 2. The Labute approximate surface area is 130 Å². The molecule has 2 N–H and O–H groups in total.